The third-order valence-corrected chi connectivity index (χ3v) is 1.33. The van der Waals surface area contributed by atoms with Crippen LogP contribution < -0.4 is 0 Å². The summed E-state index contributed by atoms with van der Waals surface area (Å²) >= 11 is 0. The van der Waals surface area contributed by atoms with E-state index >= 15 is 0 Å². The van der Waals surface area contributed by atoms with Gasteiger partial charge in [-0.1, -0.05) is 13.8 Å². The van der Waals surface area contributed by atoms with E-state index in [2.05, 4.69) is 15.5 Å². The maximum Gasteiger partial charge on any atom is 0.156 e. The highest BCUT2D eigenvalue weighted by Crippen LogP contribution is 2.08. The fourth-order valence-corrected chi connectivity index (χ4v) is 0.839. The molecule has 1 heterocycles. The topological polar surface area (TPSA) is 52.8 Å². The maximum atomic E-state index is 4.90. The van der Waals surface area contributed by atoms with Crippen molar-refractivity contribution in [3.05, 3.63) is 5.82 Å². The van der Waals surface area contributed by atoms with Gasteiger partial charge in [0.05, 0.1) is 0 Å². The first-order chi connectivity index (χ1) is 5.25. The number of nitrogens with zero attached hydrogens (tertiary/aromatic N) is 4. The van der Waals surface area contributed by atoms with Gasteiger partial charge in [0, 0.05) is 13.0 Å². The second-order valence-electron chi connectivity index (χ2n) is 2.61. The molecule has 0 N–H and O–H groups in total. The molecule has 0 saturated carbocycles. The number of tetrazole rings is 1. The van der Waals surface area contributed by atoms with Crippen LogP contribution in [0.3, 0.4) is 0 Å². The van der Waals surface area contributed by atoms with E-state index in [0.717, 1.165) is 5.82 Å². The largest absolute Gasteiger partial charge is 0.362 e. The molecule has 0 aliphatic rings. The van der Waals surface area contributed by atoms with Crippen molar-refractivity contribution in [2.75, 3.05) is 7.11 Å². The SMILES string of the molecule is COCn1nnnc1C(C)C. The molecule has 1 aromatic rings. The van der Waals surface area contributed by atoms with Crippen LogP contribution >= 0.6 is 0 Å². The monoisotopic (exact) mass is 156 g/mol. The van der Waals surface area contributed by atoms with Crippen LogP contribution in [-0.2, 0) is 11.5 Å². The molecule has 0 amide bonds. The van der Waals surface area contributed by atoms with E-state index in [1.807, 2.05) is 13.8 Å². The van der Waals surface area contributed by atoms with Gasteiger partial charge in [-0.15, -0.1) is 5.10 Å². The number of ether oxygens (including phenoxy) is 1. The molecule has 1 aromatic heterocycles. The normalized spacial score (nSPS) is 10.9. The molecule has 0 spiro atoms. The van der Waals surface area contributed by atoms with Crippen LogP contribution in [0.25, 0.3) is 0 Å². The van der Waals surface area contributed by atoms with E-state index < -0.39 is 0 Å². The fraction of sp³-hybridized carbons (Fsp3) is 0.833. The highest BCUT2D eigenvalue weighted by molar-refractivity contribution is 4.87. The molecule has 62 valence electrons. The molecule has 5 nitrogen and oxygen atoms in total. The lowest BCUT2D eigenvalue weighted by molar-refractivity contribution is 0.115. The molecule has 0 saturated heterocycles. The molecular weight excluding hydrogens is 144 g/mol. The van der Waals surface area contributed by atoms with Gasteiger partial charge in [-0.05, 0) is 10.4 Å². The van der Waals surface area contributed by atoms with Crippen LogP contribution in [0.2, 0.25) is 0 Å². The molecule has 0 atom stereocenters. The van der Waals surface area contributed by atoms with Crippen LogP contribution in [-0.4, -0.2) is 27.3 Å². The summed E-state index contributed by atoms with van der Waals surface area (Å²) < 4.78 is 6.54. The molecule has 0 aliphatic heterocycles. The summed E-state index contributed by atoms with van der Waals surface area (Å²) in [6.45, 7) is 4.50. The van der Waals surface area contributed by atoms with Crippen molar-refractivity contribution in [1.29, 1.82) is 0 Å². The van der Waals surface area contributed by atoms with Gasteiger partial charge in [-0.25, -0.2) is 4.68 Å². The Labute approximate surface area is 65.4 Å². The van der Waals surface area contributed by atoms with Crippen LogP contribution in [0, 0.1) is 0 Å². The zero-order valence-corrected chi connectivity index (χ0v) is 6.98. The average molecular weight is 156 g/mol. The summed E-state index contributed by atoms with van der Waals surface area (Å²) in [4.78, 5) is 0. The highest BCUT2D eigenvalue weighted by Gasteiger charge is 2.08. The summed E-state index contributed by atoms with van der Waals surface area (Å²) in [5, 5.41) is 11.2. The number of hydrogen-bond donors (Lipinski definition) is 0. The fourth-order valence-electron chi connectivity index (χ4n) is 0.839. The number of aromatic nitrogens is 4. The lowest BCUT2D eigenvalue weighted by atomic mass is 10.2. The first-order valence-corrected chi connectivity index (χ1v) is 3.50. The molecule has 0 unspecified atom stereocenters. The quantitative estimate of drug-likeness (QED) is 0.635. The number of rotatable bonds is 3. The van der Waals surface area contributed by atoms with Gasteiger partial charge in [-0.3, -0.25) is 0 Å². The predicted molar refractivity (Wildman–Crippen MR) is 38.9 cm³/mol. The Balaban J connectivity index is 2.78. The minimum Gasteiger partial charge on any atom is -0.362 e. The zero-order valence-electron chi connectivity index (χ0n) is 6.98. The predicted octanol–water partition coefficient (Wildman–Crippen LogP) is 0.400. The van der Waals surface area contributed by atoms with Crippen molar-refractivity contribution >= 4 is 0 Å². The summed E-state index contributed by atoms with van der Waals surface area (Å²) in [6, 6.07) is 0. The van der Waals surface area contributed by atoms with Crippen LogP contribution in [0.5, 0.6) is 0 Å². The molecule has 5 heteroatoms. The van der Waals surface area contributed by atoms with Crippen molar-refractivity contribution in [2.24, 2.45) is 0 Å². The van der Waals surface area contributed by atoms with Crippen molar-refractivity contribution in [2.45, 2.75) is 26.5 Å². The van der Waals surface area contributed by atoms with E-state index in [1.165, 1.54) is 0 Å². The minimum absolute atomic E-state index is 0.333. The third-order valence-electron chi connectivity index (χ3n) is 1.33. The lowest BCUT2D eigenvalue weighted by Crippen LogP contribution is -2.08. The molecule has 0 aliphatic carbocycles. The van der Waals surface area contributed by atoms with E-state index in [4.69, 9.17) is 4.74 Å². The Morgan fingerprint density at radius 1 is 1.55 bits per heavy atom. The average Bonchev–Trinajstić information content (AvgIpc) is 2.36. The smallest absolute Gasteiger partial charge is 0.156 e. The van der Waals surface area contributed by atoms with E-state index in [9.17, 15) is 0 Å². The van der Waals surface area contributed by atoms with Gasteiger partial charge < -0.3 is 4.74 Å². The summed E-state index contributed by atoms with van der Waals surface area (Å²) in [7, 11) is 1.62. The second kappa shape index (κ2) is 3.43. The van der Waals surface area contributed by atoms with Crippen LogP contribution in [0.4, 0.5) is 0 Å². The highest BCUT2D eigenvalue weighted by atomic mass is 16.5. The summed E-state index contributed by atoms with van der Waals surface area (Å²) in [6.07, 6.45) is 0. The second-order valence-corrected chi connectivity index (χ2v) is 2.61. The molecule has 0 aromatic carbocycles. The maximum absolute atomic E-state index is 4.90. The molecular formula is C6H12N4O. The van der Waals surface area contributed by atoms with Gasteiger partial charge in [0.2, 0.25) is 0 Å². The molecule has 11 heavy (non-hydrogen) atoms. The van der Waals surface area contributed by atoms with E-state index in [1.54, 1.807) is 11.8 Å². The Kier molecular flexibility index (Phi) is 2.53. The zero-order chi connectivity index (χ0) is 8.27. The van der Waals surface area contributed by atoms with Crippen LogP contribution in [0.15, 0.2) is 0 Å². The summed E-state index contributed by atoms with van der Waals surface area (Å²) in [5.74, 6) is 1.19. The van der Waals surface area contributed by atoms with Gasteiger partial charge in [0.15, 0.2) is 5.82 Å². The Morgan fingerprint density at radius 2 is 2.27 bits per heavy atom. The standard InChI is InChI=1S/C6H12N4O/c1-5(2)6-7-8-9-10(6)4-11-3/h5H,4H2,1-3H3. The third kappa shape index (κ3) is 1.74. The van der Waals surface area contributed by atoms with Crippen molar-refractivity contribution in [1.82, 2.24) is 20.2 Å². The Morgan fingerprint density at radius 3 is 2.82 bits per heavy atom. The molecule has 0 radical (unpaired) electrons. The van der Waals surface area contributed by atoms with Gasteiger partial charge in [0.25, 0.3) is 0 Å². The molecule has 0 fully saturated rings. The van der Waals surface area contributed by atoms with Gasteiger partial charge in [-0.2, -0.15) is 0 Å². The van der Waals surface area contributed by atoms with E-state index in [0.29, 0.717) is 12.6 Å². The molecule has 1 rings (SSSR count). The van der Waals surface area contributed by atoms with Gasteiger partial charge in [0.1, 0.15) is 6.73 Å². The van der Waals surface area contributed by atoms with Crippen molar-refractivity contribution in [3.63, 3.8) is 0 Å². The van der Waals surface area contributed by atoms with Crippen molar-refractivity contribution in [3.8, 4) is 0 Å². The minimum atomic E-state index is 0.333. The number of methoxy groups -OCH3 is 1. The Bertz CT molecular complexity index is 220. The number of hydrogen-bond acceptors (Lipinski definition) is 4. The lowest BCUT2D eigenvalue weighted by Gasteiger charge is -2.04. The van der Waals surface area contributed by atoms with E-state index in [-0.39, 0.29) is 0 Å². The van der Waals surface area contributed by atoms with Crippen LogP contribution in [0.1, 0.15) is 25.6 Å². The van der Waals surface area contributed by atoms with Crippen molar-refractivity contribution < 1.29 is 4.74 Å². The Hall–Kier alpha value is -0.970. The summed E-state index contributed by atoms with van der Waals surface area (Å²) in [5.41, 5.74) is 0. The molecule has 0 bridgehead atoms. The van der Waals surface area contributed by atoms with Gasteiger partial charge >= 0.3 is 0 Å². The first kappa shape index (κ1) is 8.13. The first-order valence-electron chi connectivity index (χ1n) is 3.50.